The molecule has 0 unspecified atom stereocenters. The van der Waals surface area contributed by atoms with Crippen molar-refractivity contribution >= 4 is 32.4 Å². The second-order valence-corrected chi connectivity index (χ2v) is 9.20. The minimum atomic E-state index is -3.58. The molecule has 0 radical (unpaired) electrons. The van der Waals surface area contributed by atoms with E-state index in [0.29, 0.717) is 16.4 Å². The summed E-state index contributed by atoms with van der Waals surface area (Å²) in [6.45, 7) is 3.60. The van der Waals surface area contributed by atoms with Crippen molar-refractivity contribution < 1.29 is 13.2 Å². The van der Waals surface area contributed by atoms with Gasteiger partial charge in [-0.2, -0.15) is 4.31 Å². The van der Waals surface area contributed by atoms with Crippen molar-refractivity contribution in [3.8, 4) is 11.4 Å². The van der Waals surface area contributed by atoms with E-state index in [-0.39, 0.29) is 16.8 Å². The molecule has 146 valence electrons. The van der Waals surface area contributed by atoms with Crippen LogP contribution in [0.1, 0.15) is 24.2 Å². The molecule has 0 aliphatic rings. The Kier molecular flexibility index (Phi) is 5.87. The molecule has 3 rings (SSSR count). The van der Waals surface area contributed by atoms with E-state index >= 15 is 0 Å². The number of rotatable bonds is 6. The van der Waals surface area contributed by atoms with E-state index in [1.165, 1.54) is 47.0 Å². The lowest BCUT2D eigenvalue weighted by atomic mass is 10.2. The molecular weight excluding hydrogens is 396 g/mol. The van der Waals surface area contributed by atoms with Gasteiger partial charge in [0, 0.05) is 30.2 Å². The number of hydrogen-bond donors (Lipinski definition) is 1. The lowest BCUT2D eigenvalue weighted by molar-refractivity contribution is 0.102. The number of benzene rings is 1. The van der Waals surface area contributed by atoms with Crippen LogP contribution in [-0.2, 0) is 10.0 Å². The third-order valence-corrected chi connectivity index (χ3v) is 6.98. The lowest BCUT2D eigenvalue weighted by Gasteiger charge is -2.20. The highest BCUT2D eigenvalue weighted by molar-refractivity contribution is 7.89. The number of thiazole rings is 1. The second kappa shape index (κ2) is 8.17. The Morgan fingerprint density at radius 1 is 1.11 bits per heavy atom. The number of carbonyl (C=O) groups is 1. The Balaban J connectivity index is 1.73. The molecule has 2 heterocycles. The number of aromatic nitrogens is 2. The smallest absolute Gasteiger partial charge is 0.257 e. The van der Waals surface area contributed by atoms with Crippen LogP contribution in [0.5, 0.6) is 0 Å². The van der Waals surface area contributed by atoms with Gasteiger partial charge in [0.25, 0.3) is 5.91 Å². The molecule has 1 N–H and O–H groups in total. The van der Waals surface area contributed by atoms with Gasteiger partial charge in [0.1, 0.15) is 5.69 Å². The van der Waals surface area contributed by atoms with Gasteiger partial charge in [-0.05, 0) is 50.2 Å². The second-order valence-electron chi connectivity index (χ2n) is 6.35. The van der Waals surface area contributed by atoms with Gasteiger partial charge in [0.15, 0.2) is 5.13 Å². The van der Waals surface area contributed by atoms with Crippen LogP contribution in [0.3, 0.4) is 0 Å². The van der Waals surface area contributed by atoms with Crippen LogP contribution < -0.4 is 5.32 Å². The molecule has 7 nitrogen and oxygen atoms in total. The molecule has 28 heavy (non-hydrogen) atoms. The van der Waals surface area contributed by atoms with Crippen LogP contribution in [0.2, 0.25) is 0 Å². The summed E-state index contributed by atoms with van der Waals surface area (Å²) in [5.41, 5.74) is 1.75. The minimum absolute atomic E-state index is 0.145. The zero-order valence-electron chi connectivity index (χ0n) is 15.7. The maximum atomic E-state index is 12.5. The van der Waals surface area contributed by atoms with Gasteiger partial charge in [-0.1, -0.05) is 6.07 Å². The van der Waals surface area contributed by atoms with E-state index < -0.39 is 10.0 Å². The van der Waals surface area contributed by atoms with Gasteiger partial charge >= 0.3 is 0 Å². The first kappa shape index (κ1) is 20.1. The highest BCUT2D eigenvalue weighted by atomic mass is 32.2. The number of amides is 1. The maximum absolute atomic E-state index is 12.5. The van der Waals surface area contributed by atoms with Crippen LogP contribution in [0.4, 0.5) is 5.13 Å². The maximum Gasteiger partial charge on any atom is 0.257 e. The monoisotopic (exact) mass is 416 g/mol. The van der Waals surface area contributed by atoms with Crippen molar-refractivity contribution in [3.63, 3.8) is 0 Å². The molecule has 0 fully saturated rings. The van der Waals surface area contributed by atoms with E-state index in [4.69, 9.17) is 0 Å². The van der Waals surface area contributed by atoms with Crippen LogP contribution in [0.15, 0.2) is 58.9 Å². The van der Waals surface area contributed by atoms with Crippen LogP contribution in [-0.4, -0.2) is 41.7 Å². The highest BCUT2D eigenvalue weighted by Gasteiger charge is 2.23. The number of nitrogens with zero attached hydrogens (tertiary/aromatic N) is 3. The Bertz CT molecular complexity index is 1060. The number of anilines is 1. The Morgan fingerprint density at radius 3 is 2.43 bits per heavy atom. The molecule has 0 atom stereocenters. The molecule has 9 heteroatoms. The molecule has 0 spiro atoms. The van der Waals surface area contributed by atoms with E-state index in [1.807, 2.05) is 23.6 Å². The highest BCUT2D eigenvalue weighted by Crippen LogP contribution is 2.24. The number of sulfonamides is 1. The van der Waals surface area contributed by atoms with Crippen molar-refractivity contribution in [3.05, 3.63) is 59.6 Å². The Labute approximate surface area is 168 Å². The van der Waals surface area contributed by atoms with Gasteiger partial charge in [-0.3, -0.25) is 15.1 Å². The standard InChI is InChI=1S/C19H20N4O3S2/c1-13(2)23(3)28(25,26)15-9-7-14(8-10-15)18(24)22-19-21-17(12-27-19)16-6-4-5-11-20-16/h4-13H,1-3H3,(H,21,22,24). The van der Waals surface area contributed by atoms with Gasteiger partial charge in [0.2, 0.25) is 10.0 Å². The van der Waals surface area contributed by atoms with E-state index in [9.17, 15) is 13.2 Å². The molecule has 0 saturated carbocycles. The quantitative estimate of drug-likeness (QED) is 0.664. The zero-order valence-corrected chi connectivity index (χ0v) is 17.3. The summed E-state index contributed by atoms with van der Waals surface area (Å²) >= 11 is 1.30. The molecule has 0 aliphatic carbocycles. The van der Waals surface area contributed by atoms with Crippen LogP contribution in [0.25, 0.3) is 11.4 Å². The summed E-state index contributed by atoms with van der Waals surface area (Å²) in [4.78, 5) is 21.2. The van der Waals surface area contributed by atoms with Crippen molar-refractivity contribution in [1.29, 1.82) is 0 Å². The Morgan fingerprint density at radius 2 is 1.82 bits per heavy atom. The average Bonchev–Trinajstić information content (AvgIpc) is 3.16. The van der Waals surface area contributed by atoms with E-state index in [0.717, 1.165) is 5.69 Å². The van der Waals surface area contributed by atoms with E-state index in [2.05, 4.69) is 15.3 Å². The number of hydrogen-bond acceptors (Lipinski definition) is 6. The number of nitrogens with one attached hydrogen (secondary N) is 1. The predicted octanol–water partition coefficient (Wildman–Crippen LogP) is 3.49. The summed E-state index contributed by atoms with van der Waals surface area (Å²) in [5, 5.41) is 4.99. The summed E-state index contributed by atoms with van der Waals surface area (Å²) in [7, 11) is -2.05. The molecule has 3 aromatic rings. The van der Waals surface area contributed by atoms with Crippen molar-refractivity contribution in [1.82, 2.24) is 14.3 Å². The van der Waals surface area contributed by atoms with Crippen molar-refractivity contribution in [2.45, 2.75) is 24.8 Å². The molecule has 2 aromatic heterocycles. The third kappa shape index (κ3) is 4.27. The minimum Gasteiger partial charge on any atom is -0.298 e. The molecule has 1 amide bonds. The Hall–Kier alpha value is -2.62. The number of carbonyl (C=O) groups excluding carboxylic acids is 1. The topological polar surface area (TPSA) is 92.3 Å². The summed E-state index contributed by atoms with van der Waals surface area (Å²) < 4.78 is 26.3. The van der Waals surface area contributed by atoms with Crippen LogP contribution in [0, 0.1) is 0 Å². The summed E-state index contributed by atoms with van der Waals surface area (Å²) in [5.74, 6) is -0.358. The number of pyridine rings is 1. The lowest BCUT2D eigenvalue weighted by Crippen LogP contribution is -2.33. The molecule has 0 aliphatic heterocycles. The largest absolute Gasteiger partial charge is 0.298 e. The van der Waals surface area contributed by atoms with Crippen molar-refractivity contribution in [2.24, 2.45) is 0 Å². The fraction of sp³-hybridized carbons (Fsp3) is 0.211. The third-order valence-electron chi connectivity index (χ3n) is 4.17. The molecule has 0 saturated heterocycles. The first-order chi connectivity index (χ1) is 13.3. The SMILES string of the molecule is CC(C)N(C)S(=O)(=O)c1ccc(C(=O)Nc2nc(-c3ccccn3)cs2)cc1. The predicted molar refractivity (Wildman–Crippen MR) is 110 cm³/mol. The average molecular weight is 417 g/mol. The molecule has 0 bridgehead atoms. The molecule has 1 aromatic carbocycles. The fourth-order valence-electron chi connectivity index (χ4n) is 2.35. The molecular formula is C19H20N4O3S2. The van der Waals surface area contributed by atoms with E-state index in [1.54, 1.807) is 20.0 Å². The normalized spacial score (nSPS) is 11.8. The van der Waals surface area contributed by atoms with Gasteiger partial charge < -0.3 is 0 Å². The summed E-state index contributed by atoms with van der Waals surface area (Å²) in [6, 6.07) is 11.2. The zero-order chi connectivity index (χ0) is 20.3. The van der Waals surface area contributed by atoms with Gasteiger partial charge in [-0.25, -0.2) is 13.4 Å². The first-order valence-electron chi connectivity index (χ1n) is 8.55. The van der Waals surface area contributed by atoms with Crippen molar-refractivity contribution in [2.75, 3.05) is 12.4 Å². The fourth-order valence-corrected chi connectivity index (χ4v) is 4.42. The summed E-state index contributed by atoms with van der Waals surface area (Å²) in [6.07, 6.45) is 1.68. The van der Waals surface area contributed by atoms with Gasteiger partial charge in [0.05, 0.1) is 10.6 Å². The van der Waals surface area contributed by atoms with Crippen LogP contribution >= 0.6 is 11.3 Å². The first-order valence-corrected chi connectivity index (χ1v) is 10.9. The van der Waals surface area contributed by atoms with Gasteiger partial charge in [-0.15, -0.1) is 11.3 Å².